The van der Waals surface area contributed by atoms with Crippen LogP contribution in [0.2, 0.25) is 0 Å². The van der Waals surface area contributed by atoms with Gasteiger partial charge in [0.15, 0.2) is 0 Å². The number of alkyl halides is 3. The predicted octanol–water partition coefficient (Wildman–Crippen LogP) is 6.23. The van der Waals surface area contributed by atoms with Crippen LogP contribution in [0.4, 0.5) is 36.3 Å². The van der Waals surface area contributed by atoms with Crippen LogP contribution < -0.4 is 15.4 Å². The van der Waals surface area contributed by atoms with Crippen LogP contribution in [-0.4, -0.2) is 69.3 Å². The van der Waals surface area contributed by atoms with E-state index in [2.05, 4.69) is 39.5 Å². The van der Waals surface area contributed by atoms with E-state index < -0.39 is 31.3 Å². The number of halogens is 3. The predicted molar refractivity (Wildman–Crippen MR) is 168 cm³/mol. The number of ether oxygens (including phenoxy) is 1. The van der Waals surface area contributed by atoms with Crippen molar-refractivity contribution in [3.63, 3.8) is 0 Å². The van der Waals surface area contributed by atoms with Crippen molar-refractivity contribution >= 4 is 36.6 Å². The van der Waals surface area contributed by atoms with E-state index in [1.54, 1.807) is 18.0 Å². The molecule has 2 heterocycles. The quantitative estimate of drug-likeness (QED) is 0.185. The lowest BCUT2D eigenvalue weighted by atomic mass is 9.79. The van der Waals surface area contributed by atoms with Crippen LogP contribution in [0.25, 0.3) is 0 Å². The number of benzene rings is 2. The van der Waals surface area contributed by atoms with Gasteiger partial charge in [-0.15, -0.1) is 0 Å². The third-order valence-electron chi connectivity index (χ3n) is 8.81. The van der Waals surface area contributed by atoms with E-state index in [9.17, 15) is 32.3 Å². The second kappa shape index (κ2) is 13.2. The number of nitrogens with zero attached hydrogens (tertiary/aromatic N) is 4. The van der Waals surface area contributed by atoms with Gasteiger partial charge < -0.3 is 35.0 Å². The molecule has 2 aliphatic rings. The first-order chi connectivity index (χ1) is 21.7. The highest BCUT2D eigenvalue weighted by atomic mass is 31.2. The van der Waals surface area contributed by atoms with E-state index in [0.29, 0.717) is 29.9 Å². The Kier molecular flexibility index (Phi) is 9.65. The molecule has 1 saturated carbocycles. The number of nitrogens with one attached hydrogen (secondary N) is 2. The summed E-state index contributed by atoms with van der Waals surface area (Å²) in [7, 11) is 0.808. The monoisotopic (exact) mass is 662 g/mol. The minimum Gasteiger partial charge on any atom is -0.495 e. The Morgan fingerprint density at radius 2 is 1.80 bits per heavy atom. The van der Waals surface area contributed by atoms with Crippen molar-refractivity contribution < 1.29 is 37.1 Å². The molecular weight excluding hydrogens is 624 g/mol. The first kappa shape index (κ1) is 33.6. The van der Waals surface area contributed by atoms with Gasteiger partial charge in [-0.3, -0.25) is 9.36 Å². The zero-order chi connectivity index (χ0) is 33.4. The molecule has 11 nitrogen and oxygen atoms in total. The summed E-state index contributed by atoms with van der Waals surface area (Å²) in [6.45, 7) is 3.48. The molecule has 4 N–H and O–H groups in total. The van der Waals surface area contributed by atoms with Crippen LogP contribution in [0.3, 0.4) is 0 Å². The molecule has 0 spiro atoms. The molecule has 0 atom stereocenters. The Morgan fingerprint density at radius 1 is 1.11 bits per heavy atom. The van der Waals surface area contributed by atoms with Gasteiger partial charge in [-0.25, -0.2) is 4.98 Å². The maximum absolute atomic E-state index is 14.1. The minimum absolute atomic E-state index is 0.182. The molecule has 0 radical (unpaired) electrons. The van der Waals surface area contributed by atoms with Gasteiger partial charge in [-0.1, -0.05) is 19.1 Å². The summed E-state index contributed by atoms with van der Waals surface area (Å²) < 4.78 is 59.2. The van der Waals surface area contributed by atoms with Gasteiger partial charge in [0.1, 0.15) is 17.1 Å². The number of aromatic nitrogens is 2. The van der Waals surface area contributed by atoms with Crippen molar-refractivity contribution in [1.29, 1.82) is 0 Å². The molecule has 2 aromatic carbocycles. The van der Waals surface area contributed by atoms with Crippen LogP contribution in [-0.2, 0) is 23.4 Å². The molecule has 5 rings (SSSR count). The van der Waals surface area contributed by atoms with Crippen molar-refractivity contribution in [1.82, 2.24) is 19.8 Å². The highest BCUT2D eigenvalue weighted by Gasteiger charge is 2.38. The van der Waals surface area contributed by atoms with Gasteiger partial charge in [0, 0.05) is 25.8 Å². The van der Waals surface area contributed by atoms with Gasteiger partial charge >= 0.3 is 13.8 Å². The first-order valence-corrected chi connectivity index (χ1v) is 16.8. The third-order valence-corrected chi connectivity index (χ3v) is 9.59. The Bertz CT molecular complexity index is 1660. The van der Waals surface area contributed by atoms with E-state index in [4.69, 9.17) is 4.74 Å². The molecule has 1 aliphatic carbocycles. The number of methoxy groups -OCH3 is 1. The molecule has 46 heavy (non-hydrogen) atoms. The van der Waals surface area contributed by atoms with Crippen LogP contribution in [0.1, 0.15) is 71.1 Å². The molecule has 1 aliphatic heterocycles. The molecule has 15 heteroatoms. The maximum atomic E-state index is 14.1. The summed E-state index contributed by atoms with van der Waals surface area (Å²) >= 11 is 0. The molecule has 0 unspecified atom stereocenters. The van der Waals surface area contributed by atoms with Gasteiger partial charge in [-0.05, 0) is 80.1 Å². The molecule has 1 amide bonds. The van der Waals surface area contributed by atoms with E-state index in [0.717, 1.165) is 43.4 Å². The number of anilines is 4. The van der Waals surface area contributed by atoms with Crippen LogP contribution >= 0.6 is 7.60 Å². The summed E-state index contributed by atoms with van der Waals surface area (Å²) in [5, 5.41) is 5.62. The van der Waals surface area contributed by atoms with Crippen LogP contribution in [0.15, 0.2) is 36.5 Å². The zero-order valence-electron chi connectivity index (χ0n) is 26.1. The second-order valence-corrected chi connectivity index (χ2v) is 13.5. The minimum atomic E-state index is -4.79. The molecule has 0 saturated heterocycles. The standard InChI is InChI=1S/C31H38F3N6O5P/c1-5-39(2)20-9-7-19(8-10-20)21-11-13-25(27-22(21)16-40(3)29(27)41)36-28-23(31(32,33)34)15-35-30(38-28)37-24-12-6-18(14-26(24)45-4)17-46(42,43)44/h6,11-15,19-20H,5,7-10,16-17H2,1-4H3,(H2,42,43,44)(H2,35,36,37,38). The summed E-state index contributed by atoms with van der Waals surface area (Å²) in [6, 6.07) is 8.42. The number of hydrogen-bond acceptors (Lipinski definition) is 8. The van der Waals surface area contributed by atoms with Crippen molar-refractivity contribution in [2.24, 2.45) is 0 Å². The summed E-state index contributed by atoms with van der Waals surface area (Å²) in [5.41, 5.74) is 1.91. The fraction of sp³-hybridized carbons (Fsp3) is 0.452. The highest BCUT2D eigenvalue weighted by molar-refractivity contribution is 7.50. The number of fused-ring (bicyclic) bond motifs is 1. The van der Waals surface area contributed by atoms with Crippen molar-refractivity contribution in [3.8, 4) is 5.75 Å². The van der Waals surface area contributed by atoms with Crippen LogP contribution in [0, 0.1) is 0 Å². The topological polar surface area (TPSA) is 140 Å². The van der Waals surface area contributed by atoms with Gasteiger partial charge in [0.2, 0.25) is 5.95 Å². The lowest BCUT2D eigenvalue weighted by Gasteiger charge is -2.35. The number of carbonyl (C=O) groups excluding carboxylic acids is 1. The highest BCUT2D eigenvalue weighted by Crippen LogP contribution is 2.44. The summed E-state index contributed by atoms with van der Waals surface area (Å²) in [4.78, 5) is 43.9. The van der Waals surface area contributed by atoms with Gasteiger partial charge in [0.25, 0.3) is 5.91 Å². The van der Waals surface area contributed by atoms with Gasteiger partial charge in [-0.2, -0.15) is 18.2 Å². The number of amides is 1. The smallest absolute Gasteiger partial charge is 0.421 e. The SMILES string of the molecule is CCN(C)C1CCC(c2ccc(Nc3nc(Nc4ccc(CP(=O)(O)O)cc4OC)ncc3C(F)(F)F)c3c2CN(C)C3=O)CC1. The second-order valence-electron chi connectivity index (χ2n) is 11.9. The molecule has 1 aromatic heterocycles. The molecule has 3 aromatic rings. The Morgan fingerprint density at radius 3 is 2.43 bits per heavy atom. The fourth-order valence-corrected chi connectivity index (χ4v) is 6.99. The zero-order valence-corrected chi connectivity index (χ0v) is 27.0. The normalized spacial score (nSPS) is 18.6. The molecule has 1 fully saturated rings. The van der Waals surface area contributed by atoms with Crippen molar-refractivity contribution in [2.45, 2.75) is 63.4 Å². The Labute approximate surface area is 265 Å². The number of carbonyl (C=O) groups is 1. The Balaban J connectivity index is 1.47. The average Bonchev–Trinajstić information content (AvgIpc) is 3.30. The Hall–Kier alpha value is -3.71. The lowest BCUT2D eigenvalue weighted by Crippen LogP contribution is -2.34. The number of hydrogen-bond donors (Lipinski definition) is 4. The van der Waals surface area contributed by atoms with Gasteiger partial charge in [0.05, 0.1) is 30.2 Å². The molecular formula is C31H38F3N6O5P. The molecule has 0 bridgehead atoms. The number of rotatable bonds is 10. The van der Waals surface area contributed by atoms with Crippen LogP contribution in [0.5, 0.6) is 5.75 Å². The fourth-order valence-electron chi connectivity index (χ4n) is 6.32. The van der Waals surface area contributed by atoms with E-state index in [-0.39, 0.29) is 34.9 Å². The third kappa shape index (κ3) is 7.30. The van der Waals surface area contributed by atoms with E-state index in [1.807, 2.05) is 6.07 Å². The van der Waals surface area contributed by atoms with Crippen molar-refractivity contribution in [2.75, 3.05) is 38.4 Å². The summed E-state index contributed by atoms with van der Waals surface area (Å²) in [5.74, 6) is -0.571. The average molecular weight is 663 g/mol. The van der Waals surface area contributed by atoms with E-state index in [1.165, 1.54) is 25.3 Å². The maximum Gasteiger partial charge on any atom is 0.421 e. The van der Waals surface area contributed by atoms with Crippen molar-refractivity contribution in [3.05, 3.63) is 64.3 Å². The lowest BCUT2D eigenvalue weighted by molar-refractivity contribution is -0.137. The largest absolute Gasteiger partial charge is 0.495 e. The summed E-state index contributed by atoms with van der Waals surface area (Å²) in [6.07, 6.45) is -0.641. The molecule has 248 valence electrons. The van der Waals surface area contributed by atoms with E-state index >= 15 is 0 Å². The first-order valence-electron chi connectivity index (χ1n) is 15.0.